The highest BCUT2D eigenvalue weighted by Gasteiger charge is 2.23. The third-order valence-electron chi connectivity index (χ3n) is 1.76. The summed E-state index contributed by atoms with van der Waals surface area (Å²) in [6, 6.07) is -0.168. The first-order chi connectivity index (χ1) is 7.15. The molecule has 0 aliphatic heterocycles. The van der Waals surface area contributed by atoms with Gasteiger partial charge >= 0.3 is 5.97 Å². The van der Waals surface area contributed by atoms with Crippen molar-refractivity contribution in [3.05, 3.63) is 16.6 Å². The number of aromatic nitrogens is 1. The Balaban J connectivity index is 2.74. The summed E-state index contributed by atoms with van der Waals surface area (Å²) >= 11 is 1.45. The van der Waals surface area contributed by atoms with E-state index < -0.39 is 6.04 Å². The van der Waals surface area contributed by atoms with Crippen LogP contribution in [0.3, 0.4) is 0 Å². The molecule has 0 radical (unpaired) electrons. The molecule has 15 heavy (non-hydrogen) atoms. The maximum atomic E-state index is 11.7. The fourth-order valence-corrected chi connectivity index (χ4v) is 1.86. The monoisotopic (exact) mass is 228 g/mol. The summed E-state index contributed by atoms with van der Waals surface area (Å²) in [7, 11) is 0. The SMILES string of the molecule is CCOC(=O)C(NC(C)C)c1cncs1. The van der Waals surface area contributed by atoms with Crippen LogP contribution in [0.25, 0.3) is 0 Å². The van der Waals surface area contributed by atoms with Gasteiger partial charge in [0.05, 0.1) is 17.0 Å². The van der Waals surface area contributed by atoms with Gasteiger partial charge in [0.25, 0.3) is 0 Å². The van der Waals surface area contributed by atoms with Gasteiger partial charge in [-0.25, -0.2) is 4.79 Å². The molecule has 1 N–H and O–H groups in total. The largest absolute Gasteiger partial charge is 0.465 e. The van der Waals surface area contributed by atoms with E-state index in [0.717, 1.165) is 4.88 Å². The van der Waals surface area contributed by atoms with Gasteiger partial charge in [-0.2, -0.15) is 0 Å². The molecule has 0 aliphatic carbocycles. The first-order valence-corrected chi connectivity index (χ1v) is 5.84. The summed E-state index contributed by atoms with van der Waals surface area (Å²) in [6.07, 6.45) is 1.70. The molecular weight excluding hydrogens is 212 g/mol. The first kappa shape index (κ1) is 12.1. The van der Waals surface area contributed by atoms with Crippen molar-refractivity contribution in [3.8, 4) is 0 Å². The van der Waals surface area contributed by atoms with Crippen molar-refractivity contribution < 1.29 is 9.53 Å². The Morgan fingerprint density at radius 3 is 2.87 bits per heavy atom. The van der Waals surface area contributed by atoms with Crippen molar-refractivity contribution in [3.63, 3.8) is 0 Å². The second kappa shape index (κ2) is 5.82. The average molecular weight is 228 g/mol. The van der Waals surface area contributed by atoms with Gasteiger partial charge in [0, 0.05) is 12.2 Å². The lowest BCUT2D eigenvalue weighted by Gasteiger charge is -2.17. The zero-order valence-corrected chi connectivity index (χ0v) is 10.0. The van der Waals surface area contributed by atoms with Crippen LogP contribution in [0.4, 0.5) is 0 Å². The quantitative estimate of drug-likeness (QED) is 0.780. The minimum absolute atomic E-state index is 0.224. The lowest BCUT2D eigenvalue weighted by Crippen LogP contribution is -2.34. The van der Waals surface area contributed by atoms with E-state index in [1.807, 2.05) is 13.8 Å². The molecule has 1 aromatic rings. The smallest absolute Gasteiger partial charge is 0.328 e. The molecule has 1 unspecified atom stereocenters. The van der Waals surface area contributed by atoms with Gasteiger partial charge in [0.15, 0.2) is 0 Å². The van der Waals surface area contributed by atoms with E-state index in [1.54, 1.807) is 18.6 Å². The van der Waals surface area contributed by atoms with E-state index in [1.165, 1.54) is 11.3 Å². The molecule has 0 spiro atoms. The highest BCUT2D eigenvalue weighted by atomic mass is 32.1. The number of ether oxygens (including phenoxy) is 1. The van der Waals surface area contributed by atoms with Crippen LogP contribution in [0.5, 0.6) is 0 Å². The molecule has 84 valence electrons. The number of rotatable bonds is 5. The molecule has 0 bridgehead atoms. The molecule has 1 atom stereocenters. The van der Waals surface area contributed by atoms with E-state index in [0.29, 0.717) is 6.61 Å². The van der Waals surface area contributed by atoms with E-state index in [-0.39, 0.29) is 12.0 Å². The standard InChI is InChI=1S/C10H16N2O2S/c1-4-14-10(13)9(12-7(2)3)8-5-11-6-15-8/h5-7,9,12H,4H2,1-3H3. The summed E-state index contributed by atoms with van der Waals surface area (Å²) in [5.74, 6) is -0.240. The van der Waals surface area contributed by atoms with Crippen molar-refractivity contribution in [2.24, 2.45) is 0 Å². The van der Waals surface area contributed by atoms with Gasteiger partial charge in [0.2, 0.25) is 0 Å². The first-order valence-electron chi connectivity index (χ1n) is 4.96. The zero-order chi connectivity index (χ0) is 11.3. The molecule has 0 amide bonds. The molecule has 5 heteroatoms. The number of hydrogen-bond donors (Lipinski definition) is 1. The second-order valence-electron chi connectivity index (χ2n) is 3.41. The van der Waals surface area contributed by atoms with Crippen LogP contribution >= 0.6 is 11.3 Å². The van der Waals surface area contributed by atoms with E-state index in [4.69, 9.17) is 4.74 Å². The predicted octanol–water partition coefficient (Wildman–Crippen LogP) is 1.75. The van der Waals surface area contributed by atoms with Gasteiger partial charge in [-0.15, -0.1) is 11.3 Å². The highest BCUT2D eigenvalue weighted by molar-refractivity contribution is 7.09. The summed E-state index contributed by atoms with van der Waals surface area (Å²) in [4.78, 5) is 16.5. The molecule has 0 saturated heterocycles. The molecular formula is C10H16N2O2S. The number of nitrogens with one attached hydrogen (secondary N) is 1. The van der Waals surface area contributed by atoms with E-state index in [9.17, 15) is 4.79 Å². The molecule has 1 heterocycles. The summed E-state index contributed by atoms with van der Waals surface area (Å²) in [5, 5.41) is 3.16. The van der Waals surface area contributed by atoms with Crippen molar-refractivity contribution in [1.29, 1.82) is 0 Å². The molecule has 0 fully saturated rings. The minimum Gasteiger partial charge on any atom is -0.465 e. The Bertz CT molecular complexity index is 298. The van der Waals surface area contributed by atoms with Gasteiger partial charge in [-0.05, 0) is 20.8 Å². The third kappa shape index (κ3) is 3.60. The zero-order valence-electron chi connectivity index (χ0n) is 9.19. The molecule has 0 saturated carbocycles. The normalized spacial score (nSPS) is 12.8. The lowest BCUT2D eigenvalue weighted by atomic mass is 10.2. The molecule has 4 nitrogen and oxygen atoms in total. The predicted molar refractivity (Wildman–Crippen MR) is 59.8 cm³/mol. The molecule has 0 aromatic carbocycles. The van der Waals surface area contributed by atoms with Crippen molar-refractivity contribution in [2.75, 3.05) is 6.61 Å². The van der Waals surface area contributed by atoms with Crippen molar-refractivity contribution >= 4 is 17.3 Å². The van der Waals surface area contributed by atoms with Gasteiger partial charge in [-0.3, -0.25) is 10.3 Å². The third-order valence-corrected chi connectivity index (χ3v) is 2.60. The molecule has 1 rings (SSSR count). The number of carbonyl (C=O) groups is 1. The van der Waals surface area contributed by atoms with E-state index in [2.05, 4.69) is 10.3 Å². The Kier molecular flexibility index (Phi) is 4.71. The number of hydrogen-bond acceptors (Lipinski definition) is 5. The van der Waals surface area contributed by atoms with Crippen LogP contribution in [0.2, 0.25) is 0 Å². The van der Waals surface area contributed by atoms with Crippen LogP contribution < -0.4 is 5.32 Å². The fourth-order valence-electron chi connectivity index (χ4n) is 1.19. The Labute approximate surface area is 93.7 Å². The maximum Gasteiger partial charge on any atom is 0.328 e. The number of thiazole rings is 1. The highest BCUT2D eigenvalue weighted by Crippen LogP contribution is 2.19. The van der Waals surface area contributed by atoms with E-state index >= 15 is 0 Å². The number of esters is 1. The maximum absolute atomic E-state index is 11.7. The van der Waals surface area contributed by atoms with Crippen LogP contribution in [0.1, 0.15) is 31.7 Å². The van der Waals surface area contributed by atoms with Gasteiger partial charge in [-0.1, -0.05) is 0 Å². The van der Waals surface area contributed by atoms with Crippen LogP contribution in [0.15, 0.2) is 11.7 Å². The lowest BCUT2D eigenvalue weighted by molar-refractivity contribution is -0.146. The Morgan fingerprint density at radius 1 is 1.67 bits per heavy atom. The molecule has 0 aliphatic rings. The van der Waals surface area contributed by atoms with Crippen molar-refractivity contribution in [2.45, 2.75) is 32.9 Å². The van der Waals surface area contributed by atoms with Gasteiger partial charge in [0.1, 0.15) is 6.04 Å². The summed E-state index contributed by atoms with van der Waals surface area (Å²) in [5.41, 5.74) is 1.71. The fraction of sp³-hybridized carbons (Fsp3) is 0.600. The van der Waals surface area contributed by atoms with Gasteiger partial charge < -0.3 is 4.74 Å². The topological polar surface area (TPSA) is 51.2 Å². The average Bonchev–Trinajstić information content (AvgIpc) is 2.66. The minimum atomic E-state index is -0.391. The Morgan fingerprint density at radius 2 is 2.40 bits per heavy atom. The van der Waals surface area contributed by atoms with Crippen LogP contribution in [-0.4, -0.2) is 23.6 Å². The number of nitrogens with zero attached hydrogens (tertiary/aromatic N) is 1. The van der Waals surface area contributed by atoms with Crippen molar-refractivity contribution in [1.82, 2.24) is 10.3 Å². The summed E-state index contributed by atoms with van der Waals surface area (Å²) < 4.78 is 5.01. The second-order valence-corrected chi connectivity index (χ2v) is 4.33. The summed E-state index contributed by atoms with van der Waals surface area (Å²) in [6.45, 7) is 6.19. The number of carbonyl (C=O) groups excluding carboxylic acids is 1. The van der Waals surface area contributed by atoms with Crippen LogP contribution in [-0.2, 0) is 9.53 Å². The van der Waals surface area contributed by atoms with Crippen LogP contribution in [0, 0.1) is 0 Å². The molecule has 1 aromatic heterocycles. The Hall–Kier alpha value is -0.940.